The molecule has 1 heterocycles. The van der Waals surface area contributed by atoms with Gasteiger partial charge in [0.15, 0.2) is 6.29 Å². The van der Waals surface area contributed by atoms with Crippen molar-refractivity contribution in [2.75, 3.05) is 19.8 Å². The Labute approximate surface area is 118 Å². The van der Waals surface area contributed by atoms with Crippen LogP contribution in [0.5, 0.6) is 0 Å². The van der Waals surface area contributed by atoms with E-state index < -0.39 is 16.3 Å². The van der Waals surface area contributed by atoms with Crippen molar-refractivity contribution in [2.24, 2.45) is 0 Å². The van der Waals surface area contributed by atoms with Gasteiger partial charge < -0.3 is 9.47 Å². The first-order valence-electron chi connectivity index (χ1n) is 5.83. The Morgan fingerprint density at radius 2 is 2.00 bits per heavy atom. The Hall–Kier alpha value is -0.730. The standard InChI is InChI=1S/C11H17ClN2O4S/c1-3-17-11(18-4-2)8-14-19(15,16)10-7-13-6-5-9(10)12/h5-7,11,14H,3-4,8H2,1-2H3. The molecule has 0 saturated heterocycles. The summed E-state index contributed by atoms with van der Waals surface area (Å²) in [6.45, 7) is 4.48. The summed E-state index contributed by atoms with van der Waals surface area (Å²) in [5.41, 5.74) is 0. The molecule has 0 aliphatic rings. The van der Waals surface area contributed by atoms with E-state index in [1.54, 1.807) is 13.8 Å². The van der Waals surface area contributed by atoms with E-state index in [0.29, 0.717) is 13.2 Å². The third-order valence-corrected chi connectivity index (χ3v) is 4.06. The van der Waals surface area contributed by atoms with Crippen LogP contribution in [0.3, 0.4) is 0 Å². The van der Waals surface area contributed by atoms with Crippen LogP contribution in [0.25, 0.3) is 0 Å². The average Bonchev–Trinajstić information content (AvgIpc) is 2.37. The molecule has 0 bridgehead atoms. The van der Waals surface area contributed by atoms with E-state index in [0.717, 1.165) is 0 Å². The minimum Gasteiger partial charge on any atom is -0.352 e. The van der Waals surface area contributed by atoms with E-state index in [4.69, 9.17) is 21.1 Å². The van der Waals surface area contributed by atoms with Crippen molar-refractivity contribution >= 4 is 21.6 Å². The number of nitrogens with zero attached hydrogens (tertiary/aromatic N) is 1. The zero-order valence-electron chi connectivity index (χ0n) is 10.8. The molecule has 1 aromatic heterocycles. The van der Waals surface area contributed by atoms with Gasteiger partial charge in [-0.2, -0.15) is 0 Å². The molecule has 1 aromatic rings. The molecule has 19 heavy (non-hydrogen) atoms. The van der Waals surface area contributed by atoms with Gasteiger partial charge in [-0.05, 0) is 19.9 Å². The molecule has 1 rings (SSSR count). The lowest BCUT2D eigenvalue weighted by atomic mass is 10.5. The van der Waals surface area contributed by atoms with Gasteiger partial charge in [0.25, 0.3) is 0 Å². The molecular weight excluding hydrogens is 292 g/mol. The van der Waals surface area contributed by atoms with Crippen molar-refractivity contribution in [3.8, 4) is 0 Å². The average molecular weight is 309 g/mol. The SMILES string of the molecule is CCOC(CNS(=O)(=O)c1cnccc1Cl)OCC. The van der Waals surface area contributed by atoms with Gasteiger partial charge in [0.05, 0.1) is 11.6 Å². The third-order valence-electron chi connectivity index (χ3n) is 2.17. The van der Waals surface area contributed by atoms with Crippen LogP contribution in [0.15, 0.2) is 23.4 Å². The molecule has 0 aliphatic carbocycles. The molecule has 0 unspecified atom stereocenters. The number of hydrogen-bond donors (Lipinski definition) is 1. The number of ether oxygens (including phenoxy) is 2. The van der Waals surface area contributed by atoms with Crippen LogP contribution >= 0.6 is 11.6 Å². The van der Waals surface area contributed by atoms with Crippen molar-refractivity contribution < 1.29 is 17.9 Å². The lowest BCUT2D eigenvalue weighted by Gasteiger charge is -2.17. The Morgan fingerprint density at radius 1 is 1.37 bits per heavy atom. The quantitative estimate of drug-likeness (QED) is 0.735. The van der Waals surface area contributed by atoms with Crippen LogP contribution in [0.1, 0.15) is 13.8 Å². The predicted molar refractivity (Wildman–Crippen MR) is 71.5 cm³/mol. The fourth-order valence-corrected chi connectivity index (χ4v) is 2.80. The van der Waals surface area contributed by atoms with Crippen molar-refractivity contribution in [2.45, 2.75) is 25.0 Å². The van der Waals surface area contributed by atoms with Gasteiger partial charge in [-0.25, -0.2) is 13.1 Å². The lowest BCUT2D eigenvalue weighted by molar-refractivity contribution is -0.130. The summed E-state index contributed by atoms with van der Waals surface area (Å²) in [4.78, 5) is 3.68. The van der Waals surface area contributed by atoms with E-state index in [-0.39, 0.29) is 16.5 Å². The second kappa shape index (κ2) is 7.76. The summed E-state index contributed by atoms with van der Waals surface area (Å²) in [7, 11) is -3.73. The van der Waals surface area contributed by atoms with Crippen LogP contribution in [0.4, 0.5) is 0 Å². The zero-order valence-corrected chi connectivity index (χ0v) is 12.4. The zero-order chi connectivity index (χ0) is 14.3. The van der Waals surface area contributed by atoms with Crippen molar-refractivity contribution in [3.63, 3.8) is 0 Å². The Morgan fingerprint density at radius 3 is 2.53 bits per heavy atom. The second-order valence-corrected chi connectivity index (χ2v) is 5.64. The molecule has 0 fully saturated rings. The number of halogens is 1. The number of pyridine rings is 1. The summed E-state index contributed by atoms with van der Waals surface area (Å²) >= 11 is 5.82. The summed E-state index contributed by atoms with van der Waals surface area (Å²) < 4.78 is 36.9. The van der Waals surface area contributed by atoms with Gasteiger partial charge in [-0.15, -0.1) is 0 Å². The Balaban J connectivity index is 2.72. The predicted octanol–water partition coefficient (Wildman–Crippen LogP) is 1.41. The van der Waals surface area contributed by atoms with E-state index in [2.05, 4.69) is 9.71 Å². The molecule has 0 aromatic carbocycles. The number of rotatable bonds is 8. The molecule has 0 amide bonds. The number of sulfonamides is 1. The highest BCUT2D eigenvalue weighted by atomic mass is 35.5. The Kier molecular flexibility index (Phi) is 6.67. The molecule has 0 radical (unpaired) electrons. The fourth-order valence-electron chi connectivity index (χ4n) is 1.35. The molecular formula is C11H17ClN2O4S. The van der Waals surface area contributed by atoms with Crippen molar-refractivity contribution in [1.82, 2.24) is 9.71 Å². The number of aromatic nitrogens is 1. The minimum atomic E-state index is -3.73. The first-order chi connectivity index (χ1) is 9.01. The molecule has 0 aliphatic heterocycles. The second-order valence-electron chi connectivity index (χ2n) is 3.50. The highest BCUT2D eigenvalue weighted by Crippen LogP contribution is 2.18. The molecule has 8 heteroatoms. The Bertz CT molecular complexity index is 489. The third kappa shape index (κ3) is 5.04. The monoisotopic (exact) mass is 308 g/mol. The molecule has 0 saturated carbocycles. The molecule has 0 spiro atoms. The first kappa shape index (κ1) is 16.3. The fraction of sp³-hybridized carbons (Fsp3) is 0.545. The van der Waals surface area contributed by atoms with Gasteiger partial charge in [-0.1, -0.05) is 11.6 Å². The van der Waals surface area contributed by atoms with Gasteiger partial charge in [0, 0.05) is 25.6 Å². The number of hydrogen-bond acceptors (Lipinski definition) is 5. The van der Waals surface area contributed by atoms with Gasteiger partial charge in [-0.3, -0.25) is 4.98 Å². The van der Waals surface area contributed by atoms with Crippen molar-refractivity contribution in [1.29, 1.82) is 0 Å². The number of nitrogens with one attached hydrogen (secondary N) is 1. The van der Waals surface area contributed by atoms with Crippen LogP contribution in [-0.4, -0.2) is 39.5 Å². The smallest absolute Gasteiger partial charge is 0.243 e. The van der Waals surface area contributed by atoms with Crippen molar-refractivity contribution in [3.05, 3.63) is 23.5 Å². The maximum atomic E-state index is 12.0. The summed E-state index contributed by atoms with van der Waals surface area (Å²) in [5.74, 6) is 0. The normalized spacial score (nSPS) is 12.0. The van der Waals surface area contributed by atoms with E-state index in [9.17, 15) is 8.42 Å². The van der Waals surface area contributed by atoms with Crippen LogP contribution in [0.2, 0.25) is 5.02 Å². The first-order valence-corrected chi connectivity index (χ1v) is 7.69. The van der Waals surface area contributed by atoms with Gasteiger partial charge >= 0.3 is 0 Å². The maximum Gasteiger partial charge on any atom is 0.243 e. The largest absolute Gasteiger partial charge is 0.352 e. The van der Waals surface area contributed by atoms with E-state index in [1.165, 1.54) is 18.5 Å². The molecule has 6 nitrogen and oxygen atoms in total. The molecule has 0 atom stereocenters. The van der Waals surface area contributed by atoms with Crippen LogP contribution in [-0.2, 0) is 19.5 Å². The minimum absolute atomic E-state index is 0.00916. The molecule has 1 N–H and O–H groups in total. The van der Waals surface area contributed by atoms with Crippen LogP contribution < -0.4 is 4.72 Å². The maximum absolute atomic E-state index is 12.0. The van der Waals surface area contributed by atoms with Gasteiger partial charge in [0.1, 0.15) is 4.90 Å². The van der Waals surface area contributed by atoms with Gasteiger partial charge in [0.2, 0.25) is 10.0 Å². The van der Waals surface area contributed by atoms with E-state index >= 15 is 0 Å². The van der Waals surface area contributed by atoms with E-state index in [1.807, 2.05) is 0 Å². The molecule has 108 valence electrons. The highest BCUT2D eigenvalue weighted by Gasteiger charge is 2.20. The topological polar surface area (TPSA) is 77.5 Å². The van der Waals surface area contributed by atoms with Crippen LogP contribution in [0, 0.1) is 0 Å². The lowest BCUT2D eigenvalue weighted by Crippen LogP contribution is -2.35. The highest BCUT2D eigenvalue weighted by molar-refractivity contribution is 7.89. The summed E-state index contributed by atoms with van der Waals surface area (Å²) in [6.07, 6.45) is 1.99. The summed E-state index contributed by atoms with van der Waals surface area (Å²) in [5, 5.41) is 0.117. The summed E-state index contributed by atoms with van der Waals surface area (Å²) in [6, 6.07) is 1.42.